The molecule has 0 bridgehead atoms. The van der Waals surface area contributed by atoms with Crippen LogP contribution in [0, 0.1) is 0 Å². The Morgan fingerprint density at radius 2 is 1.35 bits per heavy atom. The predicted molar refractivity (Wildman–Crippen MR) is 75.6 cm³/mol. The monoisotopic (exact) mass is 260 g/mol. The van der Waals surface area contributed by atoms with Gasteiger partial charge in [0.25, 0.3) is 0 Å². The van der Waals surface area contributed by atoms with E-state index in [1.54, 1.807) is 0 Å². The summed E-state index contributed by atoms with van der Waals surface area (Å²) in [5.41, 5.74) is 2.84. The molecule has 0 N–H and O–H groups in total. The lowest BCUT2D eigenvalue weighted by molar-refractivity contribution is 0.720. The average Bonchev–Trinajstić information content (AvgIpc) is 2.31. The van der Waals surface area contributed by atoms with Crippen LogP contribution in [-0.4, -0.2) is 0 Å². The van der Waals surface area contributed by atoms with Crippen LogP contribution in [0.3, 0.4) is 0 Å². The molecular weight excluding hydrogens is 248 g/mol. The van der Waals surface area contributed by atoms with E-state index in [2.05, 4.69) is 42.5 Å². The van der Waals surface area contributed by atoms with Gasteiger partial charge in [0.1, 0.15) is 0 Å². The van der Waals surface area contributed by atoms with Crippen molar-refractivity contribution in [2.75, 3.05) is 0 Å². The lowest BCUT2D eigenvalue weighted by Crippen LogP contribution is -2.12. The van der Waals surface area contributed by atoms with Crippen molar-refractivity contribution in [2.45, 2.75) is 16.9 Å². The highest BCUT2D eigenvalue weighted by Crippen LogP contribution is 2.57. The molecule has 3 rings (SSSR count). The first-order valence-electron chi connectivity index (χ1n) is 5.79. The van der Waals surface area contributed by atoms with E-state index in [-0.39, 0.29) is 0 Å². The van der Waals surface area contributed by atoms with E-state index >= 15 is 0 Å². The van der Waals surface area contributed by atoms with Gasteiger partial charge in [0.05, 0.1) is 0 Å². The zero-order valence-corrected chi connectivity index (χ0v) is 10.9. The van der Waals surface area contributed by atoms with Crippen LogP contribution in [0.1, 0.15) is 28.0 Å². The lowest BCUT2D eigenvalue weighted by atomic mass is 10.0. The Morgan fingerprint density at radius 3 is 1.94 bits per heavy atom. The summed E-state index contributed by atoms with van der Waals surface area (Å²) in [4.78, 5) is 0. The van der Waals surface area contributed by atoms with Crippen LogP contribution < -0.4 is 0 Å². The number of thioether (sulfide) groups is 1. The topological polar surface area (TPSA) is 0 Å². The van der Waals surface area contributed by atoms with Crippen molar-refractivity contribution in [3.63, 3.8) is 0 Å². The van der Waals surface area contributed by atoms with Gasteiger partial charge in [-0.2, -0.15) is 0 Å². The van der Waals surface area contributed by atoms with Crippen molar-refractivity contribution < 1.29 is 0 Å². The molecule has 0 radical (unpaired) electrons. The molecule has 0 saturated carbocycles. The van der Waals surface area contributed by atoms with Gasteiger partial charge in [0.15, 0.2) is 0 Å². The molecule has 1 heterocycles. The number of hydrogen-bond donors (Lipinski definition) is 0. The minimum atomic E-state index is 0.637. The standard InChI is InChI=1S/C15H13ClS/c16-13-8-6-12(7-9-13)15-10-14(17-15)11-4-2-1-3-5-11/h1-9,14-15H,10H2. The van der Waals surface area contributed by atoms with E-state index in [1.807, 2.05) is 23.9 Å². The third kappa shape index (κ3) is 2.36. The molecule has 1 aliphatic rings. The maximum atomic E-state index is 5.90. The summed E-state index contributed by atoms with van der Waals surface area (Å²) in [6.45, 7) is 0. The zero-order valence-electron chi connectivity index (χ0n) is 9.34. The highest BCUT2D eigenvalue weighted by Gasteiger charge is 2.31. The third-order valence-electron chi connectivity index (χ3n) is 3.17. The first-order chi connectivity index (χ1) is 8.33. The highest BCUT2D eigenvalue weighted by atomic mass is 35.5. The summed E-state index contributed by atoms with van der Waals surface area (Å²) < 4.78 is 0. The van der Waals surface area contributed by atoms with Gasteiger partial charge in [-0.25, -0.2) is 0 Å². The van der Waals surface area contributed by atoms with Crippen molar-refractivity contribution in [2.24, 2.45) is 0 Å². The van der Waals surface area contributed by atoms with Crippen LogP contribution in [-0.2, 0) is 0 Å². The Morgan fingerprint density at radius 1 is 0.824 bits per heavy atom. The molecule has 1 aliphatic heterocycles. The summed E-state index contributed by atoms with van der Waals surface area (Å²) in [6.07, 6.45) is 1.23. The van der Waals surface area contributed by atoms with Crippen LogP contribution in [0.2, 0.25) is 5.02 Å². The molecule has 2 heteroatoms. The van der Waals surface area contributed by atoms with Crippen molar-refractivity contribution in [1.82, 2.24) is 0 Å². The number of rotatable bonds is 2. The fourth-order valence-electron chi connectivity index (χ4n) is 2.16. The van der Waals surface area contributed by atoms with Crippen LogP contribution in [0.4, 0.5) is 0 Å². The molecule has 2 unspecified atom stereocenters. The van der Waals surface area contributed by atoms with Gasteiger partial charge in [-0.3, -0.25) is 0 Å². The van der Waals surface area contributed by atoms with Gasteiger partial charge in [0.2, 0.25) is 0 Å². The fourth-order valence-corrected chi connectivity index (χ4v) is 3.56. The van der Waals surface area contributed by atoms with Crippen molar-refractivity contribution in [3.8, 4) is 0 Å². The third-order valence-corrected chi connectivity index (χ3v) is 5.01. The van der Waals surface area contributed by atoms with Gasteiger partial charge in [-0.1, -0.05) is 54.1 Å². The maximum Gasteiger partial charge on any atom is 0.0406 e. The number of hydrogen-bond acceptors (Lipinski definition) is 1. The van der Waals surface area contributed by atoms with Crippen LogP contribution in [0.15, 0.2) is 54.6 Å². The Labute approximate surface area is 111 Å². The lowest BCUT2D eigenvalue weighted by Gasteiger charge is -2.35. The van der Waals surface area contributed by atoms with E-state index in [1.165, 1.54) is 17.5 Å². The summed E-state index contributed by atoms with van der Waals surface area (Å²) in [7, 11) is 0. The molecule has 0 aliphatic carbocycles. The molecule has 0 aromatic heterocycles. The Bertz CT molecular complexity index is 486. The molecule has 1 fully saturated rings. The molecule has 0 spiro atoms. The molecule has 2 atom stereocenters. The summed E-state index contributed by atoms with van der Waals surface area (Å²) in [5.74, 6) is 0. The molecule has 2 aromatic carbocycles. The van der Waals surface area contributed by atoms with Gasteiger partial charge < -0.3 is 0 Å². The minimum absolute atomic E-state index is 0.637. The Balaban J connectivity index is 1.67. The van der Waals surface area contributed by atoms with Gasteiger partial charge in [-0.05, 0) is 29.7 Å². The summed E-state index contributed by atoms with van der Waals surface area (Å²) >= 11 is 7.94. The van der Waals surface area contributed by atoms with E-state index in [9.17, 15) is 0 Å². The van der Waals surface area contributed by atoms with E-state index in [0.717, 1.165) is 5.02 Å². The molecule has 17 heavy (non-hydrogen) atoms. The molecule has 1 saturated heterocycles. The zero-order chi connectivity index (χ0) is 11.7. The van der Waals surface area contributed by atoms with Gasteiger partial charge in [-0.15, -0.1) is 11.8 Å². The van der Waals surface area contributed by atoms with Crippen LogP contribution >= 0.6 is 23.4 Å². The van der Waals surface area contributed by atoms with Crippen molar-refractivity contribution in [1.29, 1.82) is 0 Å². The molecular formula is C15H13ClS. The summed E-state index contributed by atoms with van der Waals surface area (Å²) in [5, 5.41) is 2.12. The predicted octanol–water partition coefficient (Wildman–Crippen LogP) is 5.26. The largest absolute Gasteiger partial charge is 0.145 e. The molecule has 86 valence electrons. The SMILES string of the molecule is Clc1ccc(C2CC(c3ccccc3)S2)cc1. The average molecular weight is 261 g/mol. The van der Waals surface area contributed by atoms with Gasteiger partial charge >= 0.3 is 0 Å². The van der Waals surface area contributed by atoms with Gasteiger partial charge in [0, 0.05) is 15.5 Å². The number of halogens is 1. The van der Waals surface area contributed by atoms with Crippen LogP contribution in [0.5, 0.6) is 0 Å². The van der Waals surface area contributed by atoms with Crippen molar-refractivity contribution >= 4 is 23.4 Å². The second-order valence-electron chi connectivity index (χ2n) is 4.31. The quantitative estimate of drug-likeness (QED) is 0.710. The van der Waals surface area contributed by atoms with Crippen LogP contribution in [0.25, 0.3) is 0 Å². The molecule has 0 nitrogen and oxygen atoms in total. The highest BCUT2D eigenvalue weighted by molar-refractivity contribution is 8.01. The van der Waals surface area contributed by atoms with E-state index < -0.39 is 0 Å². The first kappa shape index (κ1) is 11.2. The van der Waals surface area contributed by atoms with Crippen molar-refractivity contribution in [3.05, 3.63) is 70.7 Å². The maximum absolute atomic E-state index is 5.90. The van der Waals surface area contributed by atoms with E-state index in [4.69, 9.17) is 11.6 Å². The smallest absolute Gasteiger partial charge is 0.0406 e. The second-order valence-corrected chi connectivity index (χ2v) is 6.16. The number of benzene rings is 2. The summed E-state index contributed by atoms with van der Waals surface area (Å²) in [6, 6.07) is 19.0. The molecule has 2 aromatic rings. The Hall–Kier alpha value is -0.920. The first-order valence-corrected chi connectivity index (χ1v) is 7.11. The fraction of sp³-hybridized carbons (Fsp3) is 0.200. The Kier molecular flexibility index (Phi) is 3.13. The molecule has 0 amide bonds. The normalized spacial score (nSPS) is 23.1. The minimum Gasteiger partial charge on any atom is -0.145 e. The second kappa shape index (κ2) is 4.75. The van der Waals surface area contributed by atoms with E-state index in [0.29, 0.717) is 10.5 Å².